The molecule has 6 heteroatoms. The van der Waals surface area contributed by atoms with E-state index >= 15 is 0 Å². The topological polar surface area (TPSA) is 70.7 Å². The fourth-order valence-corrected chi connectivity index (χ4v) is 1.20. The van der Waals surface area contributed by atoms with E-state index in [0.717, 1.165) is 0 Å². The van der Waals surface area contributed by atoms with E-state index in [1.807, 2.05) is 34.6 Å². The van der Waals surface area contributed by atoms with E-state index in [4.69, 9.17) is 4.74 Å². The van der Waals surface area contributed by atoms with Crippen molar-refractivity contribution < 1.29 is 14.3 Å². The van der Waals surface area contributed by atoms with Crippen LogP contribution in [0.5, 0.6) is 0 Å². The maximum Gasteiger partial charge on any atom is 0.407 e. The molecule has 0 aromatic carbocycles. The summed E-state index contributed by atoms with van der Waals surface area (Å²) in [5.74, 6) is 0.0339. The van der Waals surface area contributed by atoms with Gasteiger partial charge in [-0.25, -0.2) is 4.79 Å². The zero-order chi connectivity index (χ0) is 15.1. The number of ether oxygens (including phenoxy) is 1. The number of amides is 2. The van der Waals surface area contributed by atoms with Crippen LogP contribution in [-0.2, 0) is 9.53 Å². The molecule has 0 rings (SSSR count). The fraction of sp³-hybridized carbons (Fsp3) is 0.846. The smallest absolute Gasteiger partial charge is 0.407 e. The van der Waals surface area contributed by atoms with Crippen molar-refractivity contribution in [2.45, 2.75) is 46.3 Å². The van der Waals surface area contributed by atoms with Crippen LogP contribution in [-0.4, -0.2) is 55.2 Å². The number of nitrogens with one attached hydrogen (secondary N) is 2. The maximum atomic E-state index is 11.6. The second-order valence-electron chi connectivity index (χ2n) is 5.57. The van der Waals surface area contributed by atoms with E-state index in [1.54, 1.807) is 11.9 Å². The number of carbonyl (C=O) groups is 2. The largest absolute Gasteiger partial charge is 0.444 e. The minimum absolute atomic E-state index is 0.00160. The summed E-state index contributed by atoms with van der Waals surface area (Å²) in [7, 11) is 1.76. The molecule has 0 saturated carbocycles. The number of nitrogens with zero attached hydrogens (tertiary/aromatic N) is 1. The van der Waals surface area contributed by atoms with Gasteiger partial charge in [0.1, 0.15) is 5.60 Å². The molecule has 19 heavy (non-hydrogen) atoms. The molecule has 0 aliphatic heterocycles. The first kappa shape index (κ1) is 17.7. The van der Waals surface area contributed by atoms with Crippen LogP contribution in [0.2, 0.25) is 0 Å². The van der Waals surface area contributed by atoms with E-state index in [2.05, 4.69) is 10.6 Å². The molecule has 0 fully saturated rings. The Morgan fingerprint density at radius 3 is 2.37 bits per heavy atom. The summed E-state index contributed by atoms with van der Waals surface area (Å²) in [6.07, 6.45) is -0.446. The Labute approximate surface area is 115 Å². The number of alkyl carbamates (subject to hydrolysis) is 1. The summed E-state index contributed by atoms with van der Waals surface area (Å²) >= 11 is 0. The van der Waals surface area contributed by atoms with E-state index in [0.29, 0.717) is 13.1 Å². The number of hydrogen-bond acceptors (Lipinski definition) is 4. The van der Waals surface area contributed by atoms with Gasteiger partial charge in [-0.3, -0.25) is 4.79 Å². The van der Waals surface area contributed by atoms with Crippen molar-refractivity contribution in [1.29, 1.82) is 0 Å². The summed E-state index contributed by atoms with van der Waals surface area (Å²) < 4.78 is 5.12. The predicted octanol–water partition coefficient (Wildman–Crippen LogP) is 0.968. The predicted molar refractivity (Wildman–Crippen MR) is 75.0 cm³/mol. The van der Waals surface area contributed by atoms with Crippen LogP contribution in [0.4, 0.5) is 4.79 Å². The molecule has 0 saturated heterocycles. The molecule has 0 spiro atoms. The van der Waals surface area contributed by atoms with Crippen LogP contribution in [0.1, 0.15) is 34.6 Å². The second kappa shape index (κ2) is 7.99. The third-order valence-electron chi connectivity index (χ3n) is 2.45. The molecular weight excluding hydrogens is 246 g/mol. The number of likely N-dealkylation sites (N-methyl/N-ethyl adjacent to an activating group) is 1. The molecule has 0 aliphatic carbocycles. The van der Waals surface area contributed by atoms with E-state index < -0.39 is 11.7 Å². The lowest BCUT2D eigenvalue weighted by Gasteiger charge is -2.21. The minimum Gasteiger partial charge on any atom is -0.444 e. The van der Waals surface area contributed by atoms with Crippen molar-refractivity contribution in [3.8, 4) is 0 Å². The molecule has 1 unspecified atom stereocenters. The molecule has 0 aromatic rings. The fourth-order valence-electron chi connectivity index (χ4n) is 1.20. The highest BCUT2D eigenvalue weighted by Crippen LogP contribution is 2.06. The van der Waals surface area contributed by atoms with Crippen LogP contribution >= 0.6 is 0 Å². The first-order valence-electron chi connectivity index (χ1n) is 6.60. The number of rotatable bonds is 6. The molecule has 2 N–H and O–H groups in total. The Hall–Kier alpha value is -1.30. The standard InChI is InChI=1S/C13H27N3O3/c1-7-16(6)11(17)9-14-10(2)8-15-12(18)19-13(3,4)5/h10,14H,7-9H2,1-6H3,(H,15,18). The Bertz CT molecular complexity index is 300. The van der Waals surface area contributed by atoms with Crippen molar-refractivity contribution in [2.24, 2.45) is 0 Å². The van der Waals surface area contributed by atoms with Crippen molar-refractivity contribution in [2.75, 3.05) is 26.7 Å². The molecule has 0 aromatic heterocycles. The number of hydrogen-bond donors (Lipinski definition) is 2. The molecule has 0 heterocycles. The third-order valence-corrected chi connectivity index (χ3v) is 2.45. The Kier molecular flexibility index (Phi) is 7.44. The molecule has 112 valence electrons. The quantitative estimate of drug-likeness (QED) is 0.756. The summed E-state index contributed by atoms with van der Waals surface area (Å²) in [6.45, 7) is 10.6. The van der Waals surface area contributed by atoms with Gasteiger partial charge in [0, 0.05) is 26.2 Å². The van der Waals surface area contributed by atoms with E-state index in [1.165, 1.54) is 0 Å². The zero-order valence-corrected chi connectivity index (χ0v) is 12.9. The van der Waals surface area contributed by atoms with Gasteiger partial charge >= 0.3 is 6.09 Å². The number of carbonyl (C=O) groups excluding carboxylic acids is 2. The first-order chi connectivity index (χ1) is 8.65. The van der Waals surface area contributed by atoms with Crippen LogP contribution in [0, 0.1) is 0 Å². The van der Waals surface area contributed by atoms with Gasteiger partial charge in [0.25, 0.3) is 0 Å². The van der Waals surface area contributed by atoms with Gasteiger partial charge in [0.05, 0.1) is 6.54 Å². The van der Waals surface area contributed by atoms with Gasteiger partial charge in [-0.15, -0.1) is 0 Å². The molecule has 2 amide bonds. The second-order valence-corrected chi connectivity index (χ2v) is 5.57. The van der Waals surface area contributed by atoms with Crippen LogP contribution in [0.25, 0.3) is 0 Å². The monoisotopic (exact) mass is 273 g/mol. The minimum atomic E-state index is -0.499. The molecule has 0 aliphatic rings. The summed E-state index contributed by atoms with van der Waals surface area (Å²) in [6, 6.07) is 0.00160. The van der Waals surface area contributed by atoms with Gasteiger partial charge in [0.15, 0.2) is 0 Å². The molecular formula is C13H27N3O3. The lowest BCUT2D eigenvalue weighted by molar-refractivity contribution is -0.128. The van der Waals surface area contributed by atoms with Crippen molar-refractivity contribution in [3.05, 3.63) is 0 Å². The van der Waals surface area contributed by atoms with Crippen LogP contribution in [0.3, 0.4) is 0 Å². The first-order valence-corrected chi connectivity index (χ1v) is 6.60. The van der Waals surface area contributed by atoms with Gasteiger partial charge < -0.3 is 20.3 Å². The lowest BCUT2D eigenvalue weighted by Crippen LogP contribution is -2.44. The summed E-state index contributed by atoms with van der Waals surface area (Å²) in [5.41, 5.74) is -0.499. The maximum absolute atomic E-state index is 11.6. The molecule has 1 atom stereocenters. The van der Waals surface area contributed by atoms with Gasteiger partial charge in [-0.2, -0.15) is 0 Å². The van der Waals surface area contributed by atoms with Crippen molar-refractivity contribution >= 4 is 12.0 Å². The molecule has 6 nitrogen and oxygen atoms in total. The van der Waals surface area contributed by atoms with Crippen LogP contribution < -0.4 is 10.6 Å². The van der Waals surface area contributed by atoms with E-state index in [9.17, 15) is 9.59 Å². The highest BCUT2D eigenvalue weighted by Gasteiger charge is 2.16. The zero-order valence-electron chi connectivity index (χ0n) is 12.9. The highest BCUT2D eigenvalue weighted by atomic mass is 16.6. The Morgan fingerprint density at radius 1 is 1.32 bits per heavy atom. The SMILES string of the molecule is CCN(C)C(=O)CNC(C)CNC(=O)OC(C)(C)C. The van der Waals surface area contributed by atoms with Crippen molar-refractivity contribution in [1.82, 2.24) is 15.5 Å². The summed E-state index contributed by atoms with van der Waals surface area (Å²) in [5, 5.41) is 5.71. The third kappa shape index (κ3) is 9.30. The van der Waals surface area contributed by atoms with Crippen molar-refractivity contribution in [3.63, 3.8) is 0 Å². The Morgan fingerprint density at radius 2 is 1.89 bits per heavy atom. The normalized spacial score (nSPS) is 12.7. The van der Waals surface area contributed by atoms with Gasteiger partial charge in [-0.1, -0.05) is 0 Å². The highest BCUT2D eigenvalue weighted by molar-refractivity contribution is 5.77. The van der Waals surface area contributed by atoms with Gasteiger partial charge in [0.2, 0.25) is 5.91 Å². The Balaban J connectivity index is 3.85. The average molecular weight is 273 g/mol. The van der Waals surface area contributed by atoms with Gasteiger partial charge in [-0.05, 0) is 34.6 Å². The average Bonchev–Trinajstić information content (AvgIpc) is 2.30. The lowest BCUT2D eigenvalue weighted by atomic mass is 10.2. The summed E-state index contributed by atoms with van der Waals surface area (Å²) in [4.78, 5) is 24.6. The van der Waals surface area contributed by atoms with Crippen LogP contribution in [0.15, 0.2) is 0 Å². The van der Waals surface area contributed by atoms with E-state index in [-0.39, 0.29) is 18.5 Å². The molecule has 0 radical (unpaired) electrons. The molecule has 0 bridgehead atoms.